The van der Waals surface area contributed by atoms with Crippen molar-refractivity contribution in [2.75, 3.05) is 10.6 Å². The van der Waals surface area contributed by atoms with Crippen molar-refractivity contribution in [1.29, 1.82) is 0 Å². The fraction of sp³-hybridized carbons (Fsp3) is 0.476. The number of imide groups is 1. The standard InChI is InChI=1S/C19H24N8O2.C2HF3O2/c20-11-1-3-12(4-2-11)22-15-8-16(23-13-5-6-13)27-17(25-15)10(9-21-27)7-14-18(28)26-19(29)24-14;3-2(4,5)1(6)7/h7-9,11-13,23H,1-6,20H2,(H,22,25)(H2,24,26,28,29);(H,6,7)/b14-7-;/t11-,12-;. The lowest BCUT2D eigenvalue weighted by Crippen LogP contribution is -2.33. The number of nitrogens with zero attached hydrogens (tertiary/aromatic N) is 3. The Balaban J connectivity index is 0.000000384. The number of anilines is 2. The number of aliphatic carboxylic acids is 1. The van der Waals surface area contributed by atoms with E-state index in [0.29, 0.717) is 23.3 Å². The minimum absolute atomic E-state index is 0.183. The number of halogens is 3. The molecular formula is C21H25F3N8O4. The summed E-state index contributed by atoms with van der Waals surface area (Å²) in [5.41, 5.74) is 7.48. The van der Waals surface area contributed by atoms with Gasteiger partial charge in [0.15, 0.2) is 5.65 Å². The number of hydrogen-bond donors (Lipinski definition) is 6. The molecule has 5 rings (SSSR count). The van der Waals surface area contributed by atoms with E-state index in [1.807, 2.05) is 6.07 Å². The van der Waals surface area contributed by atoms with Gasteiger partial charge in [0.25, 0.3) is 5.91 Å². The summed E-state index contributed by atoms with van der Waals surface area (Å²) >= 11 is 0. The Hall–Kier alpha value is -3.88. The van der Waals surface area contributed by atoms with Gasteiger partial charge in [-0.05, 0) is 44.6 Å². The first-order chi connectivity index (χ1) is 17.0. The van der Waals surface area contributed by atoms with Crippen LogP contribution in [0.4, 0.5) is 29.6 Å². The minimum atomic E-state index is -5.08. The van der Waals surface area contributed by atoms with Crippen LogP contribution in [0.5, 0.6) is 0 Å². The first kappa shape index (κ1) is 25.2. The SMILES string of the molecule is N[C@H]1CC[C@H](Nc2cc(NC3CC3)n3ncc(/C=C4\NC(=O)NC4=O)c3n2)CC1.O=C(O)C(F)(F)F. The molecule has 7 N–H and O–H groups in total. The van der Waals surface area contributed by atoms with Crippen LogP contribution in [0.25, 0.3) is 11.7 Å². The molecule has 1 aliphatic heterocycles. The minimum Gasteiger partial charge on any atom is -0.475 e. The number of fused-ring (bicyclic) bond motifs is 1. The molecule has 0 unspecified atom stereocenters. The van der Waals surface area contributed by atoms with Gasteiger partial charge in [0.2, 0.25) is 0 Å². The summed E-state index contributed by atoms with van der Waals surface area (Å²) in [5.74, 6) is -1.59. The highest BCUT2D eigenvalue weighted by Crippen LogP contribution is 2.29. The zero-order chi connectivity index (χ0) is 26.0. The van der Waals surface area contributed by atoms with Crippen LogP contribution >= 0.6 is 0 Å². The Morgan fingerprint density at radius 1 is 1.11 bits per heavy atom. The smallest absolute Gasteiger partial charge is 0.475 e. The third kappa shape index (κ3) is 6.21. The number of amides is 3. The van der Waals surface area contributed by atoms with Crippen molar-refractivity contribution in [1.82, 2.24) is 25.2 Å². The molecule has 0 spiro atoms. The predicted octanol–water partition coefficient (Wildman–Crippen LogP) is 1.80. The highest BCUT2D eigenvalue weighted by molar-refractivity contribution is 6.14. The maximum absolute atomic E-state index is 11.9. The largest absolute Gasteiger partial charge is 0.490 e. The van der Waals surface area contributed by atoms with Crippen LogP contribution in [-0.2, 0) is 9.59 Å². The highest BCUT2D eigenvalue weighted by atomic mass is 19.4. The van der Waals surface area contributed by atoms with Crippen LogP contribution < -0.4 is 27.0 Å². The lowest BCUT2D eigenvalue weighted by Gasteiger charge is -2.27. The topological polar surface area (TPSA) is 176 Å². The molecule has 3 aliphatic rings. The number of rotatable bonds is 5. The van der Waals surface area contributed by atoms with Crippen LogP contribution in [-0.4, -0.2) is 61.9 Å². The van der Waals surface area contributed by atoms with Crippen LogP contribution in [0.3, 0.4) is 0 Å². The summed E-state index contributed by atoms with van der Waals surface area (Å²) in [7, 11) is 0. The monoisotopic (exact) mass is 510 g/mol. The van der Waals surface area contributed by atoms with Gasteiger partial charge in [0.1, 0.15) is 17.3 Å². The van der Waals surface area contributed by atoms with E-state index in [1.165, 1.54) is 0 Å². The molecule has 0 radical (unpaired) electrons. The number of hydrogen-bond acceptors (Lipinski definition) is 8. The number of nitrogens with one attached hydrogen (secondary N) is 4. The number of alkyl halides is 3. The number of urea groups is 1. The molecule has 15 heteroatoms. The third-order valence-corrected chi connectivity index (χ3v) is 5.81. The molecule has 2 aliphatic carbocycles. The summed E-state index contributed by atoms with van der Waals surface area (Å²) in [5, 5.41) is 23.3. The van der Waals surface area contributed by atoms with Crippen LogP contribution in [0.1, 0.15) is 44.1 Å². The molecule has 3 heterocycles. The van der Waals surface area contributed by atoms with Gasteiger partial charge in [0, 0.05) is 29.8 Å². The maximum atomic E-state index is 11.9. The Labute approximate surface area is 202 Å². The normalized spacial score (nSPS) is 23.1. The van der Waals surface area contributed by atoms with Gasteiger partial charge in [-0.3, -0.25) is 10.1 Å². The summed E-state index contributed by atoms with van der Waals surface area (Å²) in [6.07, 6.45) is 4.48. The Bertz CT molecular complexity index is 1200. The Morgan fingerprint density at radius 3 is 2.28 bits per heavy atom. The van der Waals surface area contributed by atoms with Gasteiger partial charge in [-0.25, -0.2) is 14.6 Å². The number of nitrogens with two attached hydrogens (primary N) is 1. The molecule has 3 amide bonds. The first-order valence-corrected chi connectivity index (χ1v) is 11.3. The van der Waals surface area contributed by atoms with E-state index >= 15 is 0 Å². The van der Waals surface area contributed by atoms with Gasteiger partial charge < -0.3 is 26.8 Å². The fourth-order valence-electron chi connectivity index (χ4n) is 3.81. The van der Waals surface area contributed by atoms with Crippen molar-refractivity contribution in [3.8, 4) is 0 Å². The highest BCUT2D eigenvalue weighted by Gasteiger charge is 2.38. The van der Waals surface area contributed by atoms with Gasteiger partial charge in [-0.15, -0.1) is 0 Å². The van der Waals surface area contributed by atoms with Crippen molar-refractivity contribution in [2.45, 2.75) is 62.8 Å². The van der Waals surface area contributed by atoms with Gasteiger partial charge >= 0.3 is 18.2 Å². The summed E-state index contributed by atoms with van der Waals surface area (Å²) < 4.78 is 33.5. The van der Waals surface area contributed by atoms with Crippen molar-refractivity contribution < 1.29 is 32.7 Å². The summed E-state index contributed by atoms with van der Waals surface area (Å²) in [6.45, 7) is 0. The second kappa shape index (κ2) is 10.0. The third-order valence-electron chi connectivity index (χ3n) is 5.81. The molecule has 0 bridgehead atoms. The lowest BCUT2D eigenvalue weighted by molar-refractivity contribution is -0.192. The van der Waals surface area contributed by atoms with Gasteiger partial charge in [-0.2, -0.15) is 22.8 Å². The van der Waals surface area contributed by atoms with Crippen molar-refractivity contribution >= 4 is 41.3 Å². The Kier molecular flexibility index (Phi) is 7.01. The molecular weight excluding hydrogens is 485 g/mol. The van der Waals surface area contributed by atoms with E-state index in [0.717, 1.165) is 50.2 Å². The Morgan fingerprint density at radius 2 is 1.72 bits per heavy atom. The zero-order valence-corrected chi connectivity index (χ0v) is 18.9. The maximum Gasteiger partial charge on any atom is 0.490 e. The molecule has 36 heavy (non-hydrogen) atoms. The quantitative estimate of drug-likeness (QED) is 0.259. The number of carboxylic acid groups (broad SMARTS) is 1. The molecule has 2 aromatic rings. The molecule has 12 nitrogen and oxygen atoms in total. The fourth-order valence-corrected chi connectivity index (χ4v) is 3.81. The van der Waals surface area contributed by atoms with E-state index in [1.54, 1.807) is 16.8 Å². The second-order valence-corrected chi connectivity index (χ2v) is 8.81. The van der Waals surface area contributed by atoms with Gasteiger partial charge in [0.05, 0.1) is 6.20 Å². The average molecular weight is 510 g/mol. The second-order valence-electron chi connectivity index (χ2n) is 8.81. The predicted molar refractivity (Wildman–Crippen MR) is 122 cm³/mol. The van der Waals surface area contributed by atoms with Gasteiger partial charge in [-0.1, -0.05) is 0 Å². The molecule has 2 aromatic heterocycles. The van der Waals surface area contributed by atoms with E-state index in [2.05, 4.69) is 26.4 Å². The number of carbonyl (C=O) groups excluding carboxylic acids is 2. The first-order valence-electron chi connectivity index (χ1n) is 11.3. The molecule has 194 valence electrons. The van der Waals surface area contributed by atoms with Crippen LogP contribution in [0.2, 0.25) is 0 Å². The average Bonchev–Trinajstić information content (AvgIpc) is 3.43. The van der Waals surface area contributed by atoms with Crippen molar-refractivity contribution in [3.63, 3.8) is 0 Å². The lowest BCUT2D eigenvalue weighted by atomic mass is 9.92. The van der Waals surface area contributed by atoms with Crippen molar-refractivity contribution in [2.24, 2.45) is 5.73 Å². The van der Waals surface area contributed by atoms with Crippen LogP contribution in [0.15, 0.2) is 18.0 Å². The molecule has 3 fully saturated rings. The number of carbonyl (C=O) groups is 3. The number of aromatic nitrogens is 3. The number of carboxylic acids is 1. The van der Waals surface area contributed by atoms with E-state index in [-0.39, 0.29) is 11.7 Å². The van der Waals surface area contributed by atoms with E-state index in [4.69, 9.17) is 20.6 Å². The summed E-state index contributed by atoms with van der Waals surface area (Å²) in [6, 6.07) is 2.53. The zero-order valence-electron chi connectivity index (χ0n) is 18.9. The van der Waals surface area contributed by atoms with E-state index in [9.17, 15) is 22.8 Å². The molecule has 0 aromatic carbocycles. The summed E-state index contributed by atoms with van der Waals surface area (Å²) in [4.78, 5) is 36.9. The molecule has 0 atom stereocenters. The van der Waals surface area contributed by atoms with E-state index < -0.39 is 24.1 Å². The molecule has 1 saturated heterocycles. The molecule has 2 saturated carbocycles. The van der Waals surface area contributed by atoms with Crippen molar-refractivity contribution in [3.05, 3.63) is 23.5 Å². The van der Waals surface area contributed by atoms with Crippen LogP contribution in [0, 0.1) is 0 Å².